The molecule has 0 aliphatic carbocycles. The standard InChI is InChI=1S/C16H18N2O2/c1-4-20-15-11-13(6-7-14(15)19-3)10-12(2)16-17-8-5-9-18-16/h5-11H,4H2,1-3H3/b12-10+. The van der Waals surface area contributed by atoms with Gasteiger partial charge in [0.25, 0.3) is 0 Å². The first-order valence-corrected chi connectivity index (χ1v) is 6.51. The number of nitrogens with zero attached hydrogens (tertiary/aromatic N) is 2. The van der Waals surface area contributed by atoms with Crippen LogP contribution in [-0.2, 0) is 0 Å². The maximum Gasteiger partial charge on any atom is 0.161 e. The fourth-order valence-electron chi connectivity index (χ4n) is 1.87. The fraction of sp³-hybridized carbons (Fsp3) is 0.250. The lowest BCUT2D eigenvalue weighted by molar-refractivity contribution is 0.311. The molecule has 104 valence electrons. The van der Waals surface area contributed by atoms with Crippen LogP contribution in [0.2, 0.25) is 0 Å². The van der Waals surface area contributed by atoms with E-state index in [9.17, 15) is 0 Å². The highest BCUT2D eigenvalue weighted by atomic mass is 16.5. The van der Waals surface area contributed by atoms with E-state index in [0.29, 0.717) is 6.61 Å². The molecule has 0 saturated carbocycles. The lowest BCUT2D eigenvalue weighted by Crippen LogP contribution is -1.95. The molecule has 0 atom stereocenters. The van der Waals surface area contributed by atoms with Gasteiger partial charge in [0.1, 0.15) is 0 Å². The van der Waals surface area contributed by atoms with Gasteiger partial charge in [-0.3, -0.25) is 0 Å². The number of hydrogen-bond acceptors (Lipinski definition) is 4. The van der Waals surface area contributed by atoms with Crippen molar-refractivity contribution in [2.45, 2.75) is 13.8 Å². The Morgan fingerprint density at radius 3 is 2.60 bits per heavy atom. The molecule has 1 heterocycles. The molecule has 0 amide bonds. The zero-order chi connectivity index (χ0) is 14.4. The van der Waals surface area contributed by atoms with Crippen LogP contribution in [0.4, 0.5) is 0 Å². The second kappa shape index (κ2) is 6.70. The predicted octanol–water partition coefficient (Wildman–Crippen LogP) is 3.44. The summed E-state index contributed by atoms with van der Waals surface area (Å²) in [6.45, 7) is 4.54. The first kappa shape index (κ1) is 14.1. The topological polar surface area (TPSA) is 44.2 Å². The summed E-state index contributed by atoms with van der Waals surface area (Å²) in [4.78, 5) is 8.46. The van der Waals surface area contributed by atoms with E-state index in [-0.39, 0.29) is 0 Å². The van der Waals surface area contributed by atoms with Gasteiger partial charge in [0.15, 0.2) is 17.3 Å². The minimum atomic E-state index is 0.601. The zero-order valence-electron chi connectivity index (χ0n) is 12.0. The van der Waals surface area contributed by atoms with Gasteiger partial charge in [-0.1, -0.05) is 6.07 Å². The molecule has 2 rings (SSSR count). The average molecular weight is 270 g/mol. The summed E-state index contributed by atoms with van der Waals surface area (Å²) >= 11 is 0. The van der Waals surface area contributed by atoms with Gasteiger partial charge in [-0.25, -0.2) is 9.97 Å². The van der Waals surface area contributed by atoms with E-state index < -0.39 is 0 Å². The number of allylic oxidation sites excluding steroid dienone is 1. The van der Waals surface area contributed by atoms with Crippen molar-refractivity contribution in [1.82, 2.24) is 9.97 Å². The molecule has 0 aliphatic heterocycles. The molecular formula is C16H18N2O2. The third-order valence-corrected chi connectivity index (χ3v) is 2.79. The van der Waals surface area contributed by atoms with Crippen LogP contribution in [0, 0.1) is 0 Å². The largest absolute Gasteiger partial charge is 0.493 e. The van der Waals surface area contributed by atoms with Gasteiger partial charge in [0, 0.05) is 12.4 Å². The minimum absolute atomic E-state index is 0.601. The van der Waals surface area contributed by atoms with Crippen molar-refractivity contribution < 1.29 is 9.47 Å². The van der Waals surface area contributed by atoms with E-state index in [1.807, 2.05) is 38.1 Å². The fourth-order valence-corrected chi connectivity index (χ4v) is 1.87. The quantitative estimate of drug-likeness (QED) is 0.834. The van der Waals surface area contributed by atoms with Crippen molar-refractivity contribution in [2.75, 3.05) is 13.7 Å². The molecule has 0 saturated heterocycles. The highest BCUT2D eigenvalue weighted by Gasteiger charge is 2.05. The number of aromatic nitrogens is 2. The van der Waals surface area contributed by atoms with Gasteiger partial charge in [-0.05, 0) is 49.3 Å². The summed E-state index contributed by atoms with van der Waals surface area (Å²) in [5.74, 6) is 2.20. The molecule has 0 unspecified atom stereocenters. The van der Waals surface area contributed by atoms with Crippen LogP contribution in [-0.4, -0.2) is 23.7 Å². The number of hydrogen-bond donors (Lipinski definition) is 0. The first-order valence-electron chi connectivity index (χ1n) is 6.51. The Balaban J connectivity index is 2.31. The second-order valence-electron chi connectivity index (χ2n) is 4.24. The summed E-state index contributed by atoms with van der Waals surface area (Å²) < 4.78 is 10.8. The minimum Gasteiger partial charge on any atom is -0.493 e. The third-order valence-electron chi connectivity index (χ3n) is 2.79. The van der Waals surface area contributed by atoms with Crippen LogP contribution >= 0.6 is 0 Å². The monoisotopic (exact) mass is 270 g/mol. The summed E-state index contributed by atoms with van der Waals surface area (Å²) in [6.07, 6.45) is 5.50. The maximum atomic E-state index is 5.57. The molecule has 0 N–H and O–H groups in total. The Labute approximate surface area is 119 Å². The smallest absolute Gasteiger partial charge is 0.161 e. The molecule has 2 aromatic rings. The number of ether oxygens (including phenoxy) is 2. The van der Waals surface area contributed by atoms with Crippen molar-refractivity contribution in [3.8, 4) is 11.5 Å². The van der Waals surface area contributed by atoms with Crippen LogP contribution in [0.3, 0.4) is 0 Å². The molecule has 0 bridgehead atoms. The molecule has 0 radical (unpaired) electrons. The Kier molecular flexibility index (Phi) is 4.71. The Bertz CT molecular complexity index is 595. The molecule has 4 heteroatoms. The molecular weight excluding hydrogens is 252 g/mol. The van der Waals surface area contributed by atoms with Gasteiger partial charge < -0.3 is 9.47 Å². The Morgan fingerprint density at radius 2 is 1.95 bits per heavy atom. The number of benzene rings is 1. The van der Waals surface area contributed by atoms with Gasteiger partial charge in [-0.15, -0.1) is 0 Å². The van der Waals surface area contributed by atoms with E-state index in [2.05, 4.69) is 9.97 Å². The zero-order valence-corrected chi connectivity index (χ0v) is 12.0. The van der Waals surface area contributed by atoms with E-state index in [1.165, 1.54) is 0 Å². The number of rotatable bonds is 5. The molecule has 0 aliphatic rings. The molecule has 4 nitrogen and oxygen atoms in total. The molecule has 1 aromatic carbocycles. The Hall–Kier alpha value is -2.36. The lowest BCUT2D eigenvalue weighted by atomic mass is 10.1. The van der Waals surface area contributed by atoms with E-state index in [1.54, 1.807) is 25.6 Å². The highest BCUT2D eigenvalue weighted by molar-refractivity contribution is 5.77. The SMILES string of the molecule is CCOc1cc(/C=C(\C)c2ncccn2)ccc1OC. The lowest BCUT2D eigenvalue weighted by Gasteiger charge is -2.10. The third kappa shape index (κ3) is 3.35. The van der Waals surface area contributed by atoms with Gasteiger partial charge in [0.05, 0.1) is 13.7 Å². The Morgan fingerprint density at radius 1 is 1.20 bits per heavy atom. The molecule has 20 heavy (non-hydrogen) atoms. The van der Waals surface area contributed by atoms with Crippen molar-refractivity contribution in [1.29, 1.82) is 0 Å². The van der Waals surface area contributed by atoms with E-state index in [4.69, 9.17) is 9.47 Å². The predicted molar refractivity (Wildman–Crippen MR) is 79.7 cm³/mol. The van der Waals surface area contributed by atoms with E-state index >= 15 is 0 Å². The normalized spacial score (nSPS) is 11.2. The van der Waals surface area contributed by atoms with Crippen LogP contribution in [0.5, 0.6) is 11.5 Å². The van der Waals surface area contributed by atoms with Crippen LogP contribution in [0.1, 0.15) is 25.2 Å². The van der Waals surface area contributed by atoms with Crippen LogP contribution < -0.4 is 9.47 Å². The maximum absolute atomic E-state index is 5.57. The van der Waals surface area contributed by atoms with Crippen molar-refractivity contribution in [3.05, 3.63) is 48.0 Å². The summed E-state index contributed by atoms with van der Waals surface area (Å²) in [5, 5.41) is 0. The van der Waals surface area contributed by atoms with Crippen molar-refractivity contribution in [2.24, 2.45) is 0 Å². The second-order valence-corrected chi connectivity index (χ2v) is 4.24. The van der Waals surface area contributed by atoms with Gasteiger partial charge in [-0.2, -0.15) is 0 Å². The summed E-state index contributed by atoms with van der Waals surface area (Å²) in [7, 11) is 1.64. The van der Waals surface area contributed by atoms with E-state index in [0.717, 1.165) is 28.5 Å². The van der Waals surface area contributed by atoms with Gasteiger partial charge in [0.2, 0.25) is 0 Å². The molecule has 1 aromatic heterocycles. The summed E-state index contributed by atoms with van der Waals surface area (Å²) in [5.41, 5.74) is 2.03. The van der Waals surface area contributed by atoms with Crippen molar-refractivity contribution >= 4 is 11.6 Å². The highest BCUT2D eigenvalue weighted by Crippen LogP contribution is 2.29. The summed E-state index contributed by atoms with van der Waals surface area (Å²) in [6, 6.07) is 7.63. The van der Waals surface area contributed by atoms with Gasteiger partial charge >= 0.3 is 0 Å². The first-order chi connectivity index (χ1) is 9.74. The molecule has 0 fully saturated rings. The van der Waals surface area contributed by atoms with Crippen LogP contribution in [0.15, 0.2) is 36.7 Å². The molecule has 0 spiro atoms. The average Bonchev–Trinajstić information content (AvgIpc) is 2.49. The number of methoxy groups -OCH3 is 1. The van der Waals surface area contributed by atoms with Crippen LogP contribution in [0.25, 0.3) is 11.6 Å². The van der Waals surface area contributed by atoms with Crippen molar-refractivity contribution in [3.63, 3.8) is 0 Å².